The Morgan fingerprint density at radius 1 is 0.500 bits per heavy atom. The summed E-state index contributed by atoms with van der Waals surface area (Å²) < 4.78 is 4.88. The van der Waals surface area contributed by atoms with Crippen molar-refractivity contribution in [1.82, 2.24) is 9.88 Å². The first-order valence-electron chi connectivity index (χ1n) is 14.8. The lowest BCUT2D eigenvalue weighted by Gasteiger charge is -2.24. The van der Waals surface area contributed by atoms with Gasteiger partial charge in [-0.15, -0.1) is 11.3 Å². The van der Waals surface area contributed by atoms with Crippen molar-refractivity contribution in [2.45, 2.75) is 6.17 Å². The molecular formula is C39H26N4S. The summed E-state index contributed by atoms with van der Waals surface area (Å²) in [5.74, 6) is 1.57. The second-order valence-corrected chi connectivity index (χ2v) is 12.2. The van der Waals surface area contributed by atoms with E-state index in [1.807, 2.05) is 23.5 Å². The molecule has 0 bridgehead atoms. The number of nitrogens with one attached hydrogen (secondary N) is 1. The molecule has 5 heteroatoms. The van der Waals surface area contributed by atoms with E-state index in [1.54, 1.807) is 0 Å². The smallest absolute Gasteiger partial charge is 0.211 e. The Morgan fingerprint density at radius 3 is 2.05 bits per heavy atom. The first kappa shape index (κ1) is 25.0. The Balaban J connectivity index is 1.28. The molecule has 4 nitrogen and oxygen atoms in total. The van der Waals surface area contributed by atoms with E-state index in [0.717, 1.165) is 39.5 Å². The van der Waals surface area contributed by atoms with E-state index in [9.17, 15) is 0 Å². The van der Waals surface area contributed by atoms with Crippen LogP contribution in [0, 0.1) is 0 Å². The van der Waals surface area contributed by atoms with Crippen LogP contribution in [0.15, 0.2) is 156 Å². The Hall–Kier alpha value is -5.52. The van der Waals surface area contributed by atoms with Crippen LogP contribution in [-0.2, 0) is 0 Å². The monoisotopic (exact) mass is 582 g/mol. The second kappa shape index (κ2) is 10.0. The molecule has 6 aromatic carbocycles. The van der Waals surface area contributed by atoms with Crippen molar-refractivity contribution in [3.05, 3.63) is 157 Å². The van der Waals surface area contributed by atoms with Gasteiger partial charge in [0, 0.05) is 36.5 Å². The summed E-state index contributed by atoms with van der Waals surface area (Å²) in [5, 5.41) is 8.62. The molecule has 9 rings (SSSR count). The van der Waals surface area contributed by atoms with Gasteiger partial charge in [-0.3, -0.25) is 4.57 Å². The molecule has 3 heterocycles. The predicted molar refractivity (Wildman–Crippen MR) is 186 cm³/mol. The molecule has 0 saturated heterocycles. The van der Waals surface area contributed by atoms with E-state index in [-0.39, 0.29) is 0 Å². The summed E-state index contributed by atoms with van der Waals surface area (Å²) in [6.45, 7) is 0. The number of thiophene rings is 1. The summed E-state index contributed by atoms with van der Waals surface area (Å²) in [6.07, 6.45) is -0.410. The number of nitrogens with zero attached hydrogens (tertiary/aromatic N) is 3. The summed E-state index contributed by atoms with van der Waals surface area (Å²) in [7, 11) is 0. The minimum absolute atomic E-state index is 0.410. The Bertz CT molecular complexity index is 2420. The van der Waals surface area contributed by atoms with E-state index in [1.165, 1.54) is 36.5 Å². The minimum Gasteiger partial charge on any atom is -0.310 e. The van der Waals surface area contributed by atoms with Crippen molar-refractivity contribution in [2.24, 2.45) is 9.98 Å². The van der Waals surface area contributed by atoms with Gasteiger partial charge in [-0.05, 0) is 47.0 Å². The molecule has 1 aliphatic heterocycles. The van der Waals surface area contributed by atoms with Crippen molar-refractivity contribution < 1.29 is 0 Å². The number of aliphatic imine (C=N–C) groups is 2. The molecule has 2 aromatic heterocycles. The van der Waals surface area contributed by atoms with Crippen LogP contribution in [0.5, 0.6) is 0 Å². The zero-order valence-electron chi connectivity index (χ0n) is 23.7. The summed E-state index contributed by atoms with van der Waals surface area (Å²) in [5.41, 5.74) is 6.64. The lowest BCUT2D eigenvalue weighted by atomic mass is 10.0. The lowest BCUT2D eigenvalue weighted by Crippen LogP contribution is -2.39. The van der Waals surface area contributed by atoms with Crippen molar-refractivity contribution in [1.29, 1.82) is 0 Å². The van der Waals surface area contributed by atoms with Crippen LogP contribution in [-0.4, -0.2) is 16.4 Å². The van der Waals surface area contributed by atoms with E-state index < -0.39 is 6.17 Å². The second-order valence-electron chi connectivity index (χ2n) is 11.1. The van der Waals surface area contributed by atoms with Crippen molar-refractivity contribution in [3.63, 3.8) is 0 Å². The molecular weight excluding hydrogens is 557 g/mol. The number of para-hydroxylation sites is 1. The first-order chi connectivity index (χ1) is 21.8. The minimum atomic E-state index is -0.410. The SMILES string of the molecule is c1ccc(C2=NC(c3cccc(-c4ccccc4)c3)N=C(n3c4ccccc4c4cc5sc6ccccc6c5cc43)N2)cc1. The largest absolute Gasteiger partial charge is 0.310 e. The maximum absolute atomic E-state index is 5.32. The fourth-order valence-electron chi connectivity index (χ4n) is 6.37. The van der Waals surface area contributed by atoms with Gasteiger partial charge in [-0.2, -0.15) is 0 Å². The third kappa shape index (κ3) is 4.05. The van der Waals surface area contributed by atoms with Gasteiger partial charge in [0.25, 0.3) is 0 Å². The van der Waals surface area contributed by atoms with Gasteiger partial charge in [-0.25, -0.2) is 9.98 Å². The van der Waals surface area contributed by atoms with E-state index in [0.29, 0.717) is 0 Å². The molecule has 0 radical (unpaired) electrons. The summed E-state index contributed by atoms with van der Waals surface area (Å²) in [6, 6.07) is 51.4. The molecule has 0 aliphatic carbocycles. The van der Waals surface area contributed by atoms with Gasteiger partial charge in [0.15, 0.2) is 6.17 Å². The highest BCUT2D eigenvalue weighted by Gasteiger charge is 2.24. The zero-order chi connectivity index (χ0) is 29.0. The normalized spacial score (nSPS) is 15.0. The number of benzene rings is 6. The fraction of sp³-hybridized carbons (Fsp3) is 0.0256. The van der Waals surface area contributed by atoms with E-state index in [4.69, 9.17) is 9.98 Å². The summed E-state index contributed by atoms with van der Waals surface area (Å²) in [4.78, 5) is 10.5. The molecule has 1 N–H and O–H groups in total. The van der Waals surface area contributed by atoms with Gasteiger partial charge in [-0.1, -0.05) is 115 Å². The molecule has 1 aliphatic rings. The van der Waals surface area contributed by atoms with Crippen LogP contribution >= 0.6 is 11.3 Å². The number of amidine groups is 1. The predicted octanol–water partition coefficient (Wildman–Crippen LogP) is 9.78. The average molecular weight is 583 g/mol. The highest BCUT2D eigenvalue weighted by atomic mass is 32.1. The number of hydrogen-bond acceptors (Lipinski definition) is 4. The molecule has 8 aromatic rings. The lowest BCUT2D eigenvalue weighted by molar-refractivity contribution is 0.745. The summed E-state index contributed by atoms with van der Waals surface area (Å²) >= 11 is 1.85. The molecule has 0 fully saturated rings. The third-order valence-corrected chi connectivity index (χ3v) is 9.58. The first-order valence-corrected chi connectivity index (χ1v) is 15.6. The van der Waals surface area contributed by atoms with Crippen molar-refractivity contribution in [2.75, 3.05) is 0 Å². The third-order valence-electron chi connectivity index (χ3n) is 8.45. The fourth-order valence-corrected chi connectivity index (χ4v) is 7.49. The molecule has 0 saturated carbocycles. The molecule has 1 atom stereocenters. The standard InChI is InChI=1S/C39H26N4S/c1-3-12-25(13-4-1)27-16-11-17-28(22-27)38-40-37(26-14-5-2-6-15-26)41-39(42-38)43-33-20-9-7-18-29(33)31-24-36-32(23-34(31)43)30-19-8-10-21-35(30)44-36/h1-24,38H,(H,40,41,42). The van der Waals surface area contributed by atoms with Gasteiger partial charge < -0.3 is 5.32 Å². The molecule has 44 heavy (non-hydrogen) atoms. The number of fused-ring (bicyclic) bond motifs is 6. The van der Waals surface area contributed by atoms with Crippen molar-refractivity contribution >= 4 is 65.1 Å². The Morgan fingerprint density at radius 2 is 1.20 bits per heavy atom. The van der Waals surface area contributed by atoms with Crippen LogP contribution in [0.4, 0.5) is 0 Å². The maximum Gasteiger partial charge on any atom is 0.211 e. The molecule has 0 amide bonds. The molecule has 208 valence electrons. The topological polar surface area (TPSA) is 41.7 Å². The molecule has 1 unspecified atom stereocenters. The van der Waals surface area contributed by atoms with Gasteiger partial charge in [0.05, 0.1) is 11.0 Å². The zero-order valence-corrected chi connectivity index (χ0v) is 24.5. The Labute approximate surface area is 258 Å². The van der Waals surface area contributed by atoms with Crippen molar-refractivity contribution in [3.8, 4) is 11.1 Å². The van der Waals surface area contributed by atoms with Gasteiger partial charge in [0.2, 0.25) is 5.96 Å². The quantitative estimate of drug-likeness (QED) is 0.221. The van der Waals surface area contributed by atoms with Crippen LogP contribution in [0.1, 0.15) is 17.3 Å². The number of rotatable bonds is 3. The number of aromatic nitrogens is 1. The Kier molecular flexibility index (Phi) is 5.71. The highest BCUT2D eigenvalue weighted by molar-refractivity contribution is 7.25. The maximum atomic E-state index is 5.32. The van der Waals surface area contributed by atoms with Crippen LogP contribution < -0.4 is 5.32 Å². The van der Waals surface area contributed by atoms with Crippen LogP contribution in [0.2, 0.25) is 0 Å². The van der Waals surface area contributed by atoms with E-state index >= 15 is 0 Å². The van der Waals surface area contributed by atoms with Crippen LogP contribution in [0.25, 0.3) is 53.1 Å². The average Bonchev–Trinajstić information content (AvgIpc) is 3.63. The highest BCUT2D eigenvalue weighted by Crippen LogP contribution is 2.40. The van der Waals surface area contributed by atoms with Crippen LogP contribution in [0.3, 0.4) is 0 Å². The van der Waals surface area contributed by atoms with Gasteiger partial charge >= 0.3 is 0 Å². The number of hydrogen-bond donors (Lipinski definition) is 1. The van der Waals surface area contributed by atoms with E-state index in [2.05, 4.69) is 143 Å². The molecule has 0 spiro atoms. The van der Waals surface area contributed by atoms with Gasteiger partial charge in [0.1, 0.15) is 5.84 Å².